The van der Waals surface area contributed by atoms with Crippen molar-refractivity contribution < 1.29 is 25.5 Å². The molecule has 0 atom stereocenters. The van der Waals surface area contributed by atoms with E-state index in [1.165, 1.54) is 30.4 Å². The third kappa shape index (κ3) is 131. The highest BCUT2D eigenvalue weighted by atomic mass is 16.3. The predicted molar refractivity (Wildman–Crippen MR) is 311 cm³/mol. The van der Waals surface area contributed by atoms with E-state index in [9.17, 15) is 0 Å². The van der Waals surface area contributed by atoms with E-state index in [-0.39, 0.29) is 0 Å². The summed E-state index contributed by atoms with van der Waals surface area (Å²) in [5, 5.41) is 39.9. The molecule has 66 heavy (non-hydrogen) atoms. The molecular weight excluding hydrogens is 813 g/mol. The van der Waals surface area contributed by atoms with Gasteiger partial charge in [0.2, 0.25) is 0 Å². The van der Waals surface area contributed by atoms with Crippen LogP contribution in [0.2, 0.25) is 0 Å². The maximum absolute atomic E-state index is 8.63. The third-order valence-corrected chi connectivity index (χ3v) is 4.77. The maximum atomic E-state index is 8.63. The zero-order chi connectivity index (χ0) is 55.1. The normalized spacial score (nSPS) is 6.67. The Balaban J connectivity index is -0.0000000426. The fourth-order valence-electron chi connectivity index (χ4n) is 2.71. The zero-order valence-electron chi connectivity index (χ0n) is 48.7. The monoisotopic (exact) mass is 931 g/mol. The minimum atomic E-state index is 0.322. The van der Waals surface area contributed by atoms with Crippen molar-refractivity contribution in [1.82, 2.24) is 0 Å². The lowest BCUT2D eigenvalue weighted by Crippen LogP contribution is -1.73. The molecule has 0 spiro atoms. The van der Waals surface area contributed by atoms with E-state index in [4.69, 9.17) is 25.5 Å². The number of aryl methyl sites for hydroxylation is 2. The molecule has 0 aliphatic rings. The lowest BCUT2D eigenvalue weighted by molar-refractivity contribution is 0.399. The predicted octanol–water partition coefficient (Wildman–Crippen LogP) is 20.4. The van der Waals surface area contributed by atoms with E-state index in [0.29, 0.717) is 17.2 Å². The molecule has 0 bridgehead atoms. The van der Waals surface area contributed by atoms with E-state index in [0.717, 1.165) is 27.1 Å². The van der Waals surface area contributed by atoms with E-state index in [1.807, 2.05) is 141 Å². The van der Waals surface area contributed by atoms with Crippen LogP contribution in [0, 0.1) is 0 Å². The molecule has 0 aromatic heterocycles. The van der Waals surface area contributed by atoms with Crippen LogP contribution in [0.3, 0.4) is 0 Å². The van der Waals surface area contributed by atoms with Gasteiger partial charge in [0.25, 0.3) is 0 Å². The van der Waals surface area contributed by atoms with Gasteiger partial charge in [-0.15, -0.1) is 0 Å². The molecule has 0 heterocycles. The number of phenols is 3. The van der Waals surface area contributed by atoms with Gasteiger partial charge in [0.1, 0.15) is 17.2 Å². The molecule has 0 fully saturated rings. The van der Waals surface area contributed by atoms with Crippen LogP contribution in [-0.4, -0.2) is 39.8 Å². The second-order valence-electron chi connectivity index (χ2n) is 9.81. The fourth-order valence-corrected chi connectivity index (χ4v) is 2.71. The van der Waals surface area contributed by atoms with Crippen LogP contribution in [0.4, 0.5) is 0 Å². The second-order valence-corrected chi connectivity index (χ2v) is 9.81. The van der Waals surface area contributed by atoms with Gasteiger partial charge in [0.05, 0.1) is 0 Å². The van der Waals surface area contributed by atoms with E-state index in [2.05, 4.69) is 104 Å². The summed E-state index contributed by atoms with van der Waals surface area (Å²) in [6.07, 6.45) is 6.03. The van der Waals surface area contributed by atoms with Gasteiger partial charge in [-0.05, 0) is 60.4 Å². The zero-order valence-corrected chi connectivity index (χ0v) is 48.7. The van der Waals surface area contributed by atoms with E-state index >= 15 is 0 Å². The van der Waals surface area contributed by atoms with E-state index in [1.54, 1.807) is 72.8 Å². The van der Waals surface area contributed by atoms with Gasteiger partial charge >= 0.3 is 0 Å². The molecule has 5 N–H and O–H groups in total. The van der Waals surface area contributed by atoms with Gasteiger partial charge in [-0.3, -0.25) is 0 Å². The largest absolute Gasteiger partial charge is 0.508 e. The van der Waals surface area contributed by atoms with Crippen molar-refractivity contribution in [3.8, 4) is 17.2 Å². The van der Waals surface area contributed by atoms with Crippen LogP contribution in [0.25, 0.3) is 0 Å². The quantitative estimate of drug-likeness (QED) is 0.121. The number of phenolic OH excluding ortho intramolecular Hbond substituents is 3. The molecule has 0 saturated carbocycles. The molecule has 5 aromatic rings. The molecule has 0 radical (unpaired) electrons. The third-order valence-electron chi connectivity index (χ3n) is 4.77. The van der Waals surface area contributed by atoms with Crippen LogP contribution in [0.15, 0.2) is 152 Å². The second kappa shape index (κ2) is 131. The lowest BCUT2D eigenvalue weighted by atomic mass is 10.2. The highest BCUT2D eigenvalue weighted by Gasteiger charge is 1.81. The number of aliphatic hydroxyl groups is 2. The Labute approximate surface area is 416 Å². The van der Waals surface area contributed by atoms with Crippen molar-refractivity contribution in [2.45, 2.75) is 198 Å². The summed E-state index contributed by atoms with van der Waals surface area (Å²) >= 11 is 0. The number of aromatic hydroxyl groups is 3. The molecule has 0 aliphatic heterocycles. The Kier molecular flexibility index (Phi) is 189. The number of rotatable bonds is 2. The topological polar surface area (TPSA) is 101 Å². The number of hydrogen-bond donors (Lipinski definition) is 5. The Morgan fingerprint density at radius 1 is 0.227 bits per heavy atom. The van der Waals surface area contributed by atoms with Gasteiger partial charge in [-0.2, -0.15) is 0 Å². The van der Waals surface area contributed by atoms with Crippen LogP contribution < -0.4 is 0 Å². The summed E-state index contributed by atoms with van der Waals surface area (Å²) in [6.45, 7) is 49.1. The van der Waals surface area contributed by atoms with Gasteiger partial charge in [-0.25, -0.2) is 0 Å². The number of hydrogen-bond acceptors (Lipinski definition) is 5. The van der Waals surface area contributed by atoms with Gasteiger partial charge in [0.15, 0.2) is 0 Å². The molecule has 5 rings (SSSR count). The molecule has 5 nitrogen and oxygen atoms in total. The summed E-state index contributed by atoms with van der Waals surface area (Å²) in [4.78, 5) is 0. The summed E-state index contributed by atoms with van der Waals surface area (Å²) in [7, 11) is 2.00. The summed E-state index contributed by atoms with van der Waals surface area (Å²) in [5.74, 6) is 0.965. The Morgan fingerprint density at radius 2 is 0.333 bits per heavy atom. The SMILES string of the molecule is CC.CC.CC.CC.CC.CC.CC.CC.CCC.CCC.CCC.CCc1ccccc1.CCc1ccccc1.CO.CO.Oc1ccccc1.Oc1ccccc1.Oc1ccccc1. The Morgan fingerprint density at radius 3 is 0.394 bits per heavy atom. The first-order valence-electron chi connectivity index (χ1n) is 25.5. The minimum Gasteiger partial charge on any atom is -0.508 e. The standard InChI is InChI=1S/2C8H10.3C6H6O.3C3H8.8C2H6.2CH4O/c2*1-2-8-6-4-3-5-7-8;3*7-6-4-2-1-3-5-6;3*1-3-2;10*1-2/h2*3-7H,2H2,1H3;3*1-5,7H;3*3H2,1-2H3;8*1-2H3;2*2H,1H3. The van der Waals surface area contributed by atoms with Crippen molar-refractivity contribution in [3.05, 3.63) is 163 Å². The number of para-hydroxylation sites is 3. The van der Waals surface area contributed by atoms with Crippen LogP contribution in [0.5, 0.6) is 17.2 Å². The van der Waals surface area contributed by atoms with Gasteiger partial charge in [-0.1, -0.05) is 301 Å². The average molecular weight is 932 g/mol. The van der Waals surface area contributed by atoms with Gasteiger partial charge in [0, 0.05) is 14.2 Å². The Bertz CT molecular complexity index is 1060. The van der Waals surface area contributed by atoms with Crippen molar-refractivity contribution in [2.75, 3.05) is 14.2 Å². The van der Waals surface area contributed by atoms with Crippen molar-refractivity contribution in [1.29, 1.82) is 0 Å². The van der Waals surface area contributed by atoms with Crippen molar-refractivity contribution in [3.63, 3.8) is 0 Å². The minimum absolute atomic E-state index is 0.322. The molecule has 0 saturated heterocycles. The molecule has 5 heteroatoms. The molecule has 0 amide bonds. The highest BCUT2D eigenvalue weighted by molar-refractivity contribution is 5.20. The molecule has 0 aliphatic carbocycles. The molecule has 5 aromatic carbocycles. The molecule has 0 unspecified atom stereocenters. The first kappa shape index (κ1) is 95.6. The lowest BCUT2D eigenvalue weighted by Gasteiger charge is -1.89. The summed E-state index contributed by atoms with van der Waals surface area (Å²) < 4.78 is 0. The first-order valence-corrected chi connectivity index (χ1v) is 25.5. The van der Waals surface area contributed by atoms with Crippen molar-refractivity contribution >= 4 is 0 Å². The molecular formula is C61H118O5. The van der Waals surface area contributed by atoms with Crippen LogP contribution in [0.1, 0.15) is 197 Å². The van der Waals surface area contributed by atoms with Gasteiger partial charge < -0.3 is 25.5 Å². The maximum Gasteiger partial charge on any atom is 0.115 e. The fraction of sp³-hybridized carbons (Fsp3) is 0.508. The van der Waals surface area contributed by atoms with E-state index < -0.39 is 0 Å². The summed E-state index contributed by atoms with van der Waals surface area (Å²) in [5.41, 5.74) is 2.82. The Hall–Kier alpha value is -4.58. The van der Waals surface area contributed by atoms with Crippen LogP contribution in [-0.2, 0) is 12.8 Å². The smallest absolute Gasteiger partial charge is 0.115 e. The van der Waals surface area contributed by atoms with Crippen LogP contribution >= 0.6 is 0 Å². The summed E-state index contributed by atoms with van der Waals surface area (Å²) in [6, 6.07) is 47.0. The first-order chi connectivity index (χ1) is 32.3. The number of benzene rings is 5. The highest BCUT2D eigenvalue weighted by Crippen LogP contribution is 2.04. The number of aliphatic hydroxyl groups excluding tert-OH is 2. The average Bonchev–Trinajstić information content (AvgIpc) is 3.42. The van der Waals surface area contributed by atoms with Crippen molar-refractivity contribution in [2.24, 2.45) is 0 Å². The molecule has 392 valence electrons.